The third-order valence-electron chi connectivity index (χ3n) is 3.96. The molecule has 1 aromatic rings. The summed E-state index contributed by atoms with van der Waals surface area (Å²) in [6.45, 7) is 11.0. The number of likely N-dealkylation sites (N-methyl/N-ethyl adjacent to an activating group) is 1. The predicted octanol–water partition coefficient (Wildman–Crippen LogP) is 2.29. The smallest absolute Gasteiger partial charge is 0.241 e. The van der Waals surface area contributed by atoms with E-state index < -0.39 is 0 Å². The fourth-order valence-electron chi connectivity index (χ4n) is 2.36. The summed E-state index contributed by atoms with van der Waals surface area (Å²) in [6, 6.07) is 8.53. The van der Waals surface area contributed by atoms with E-state index in [2.05, 4.69) is 58.6 Å². The first-order valence-electron chi connectivity index (χ1n) is 9.02. The highest BCUT2D eigenvalue weighted by Crippen LogP contribution is 2.09. The van der Waals surface area contributed by atoms with Crippen molar-refractivity contribution in [2.45, 2.75) is 33.9 Å². The molecule has 1 amide bonds. The Bertz CT molecular complexity index is 559. The van der Waals surface area contributed by atoms with Crippen LogP contribution in [-0.2, 0) is 17.9 Å². The highest BCUT2D eigenvalue weighted by molar-refractivity contribution is 14.0. The Morgan fingerprint density at radius 3 is 2.31 bits per heavy atom. The number of nitrogens with zero attached hydrogens (tertiary/aromatic N) is 3. The summed E-state index contributed by atoms with van der Waals surface area (Å²) in [4.78, 5) is 20.2. The zero-order chi connectivity index (χ0) is 18.7. The van der Waals surface area contributed by atoms with E-state index in [4.69, 9.17) is 0 Å². The molecule has 2 N–H and O–H groups in total. The third kappa shape index (κ3) is 9.38. The van der Waals surface area contributed by atoms with Crippen LogP contribution < -0.4 is 10.6 Å². The van der Waals surface area contributed by atoms with Crippen LogP contribution in [0.25, 0.3) is 0 Å². The molecule has 0 aliphatic carbocycles. The van der Waals surface area contributed by atoms with Gasteiger partial charge in [0.2, 0.25) is 5.91 Å². The van der Waals surface area contributed by atoms with Gasteiger partial charge in [0.1, 0.15) is 0 Å². The van der Waals surface area contributed by atoms with Gasteiger partial charge < -0.3 is 15.5 Å². The molecule has 0 unspecified atom stereocenters. The minimum Gasteiger partial charge on any atom is -0.357 e. The number of halogens is 1. The quantitative estimate of drug-likeness (QED) is 0.327. The molecule has 0 bridgehead atoms. The molecule has 0 radical (unpaired) electrons. The first kappa shape index (κ1) is 24.7. The second-order valence-electron chi connectivity index (χ2n) is 6.12. The van der Waals surface area contributed by atoms with E-state index in [-0.39, 0.29) is 36.4 Å². The number of hydrogen-bond acceptors (Lipinski definition) is 3. The number of rotatable bonds is 9. The van der Waals surface area contributed by atoms with Gasteiger partial charge in [0.25, 0.3) is 0 Å². The van der Waals surface area contributed by atoms with Crippen molar-refractivity contribution >= 4 is 35.8 Å². The Morgan fingerprint density at radius 1 is 1.08 bits per heavy atom. The average Bonchev–Trinajstić information content (AvgIpc) is 2.61. The first-order valence-corrected chi connectivity index (χ1v) is 9.02. The van der Waals surface area contributed by atoms with Crippen molar-refractivity contribution in [3.05, 3.63) is 35.4 Å². The minimum atomic E-state index is 0. The van der Waals surface area contributed by atoms with Crippen molar-refractivity contribution in [2.75, 3.05) is 40.3 Å². The van der Waals surface area contributed by atoms with Gasteiger partial charge >= 0.3 is 0 Å². The molecule has 0 heterocycles. The predicted molar refractivity (Wildman–Crippen MR) is 120 cm³/mol. The van der Waals surface area contributed by atoms with Crippen LogP contribution >= 0.6 is 24.0 Å². The summed E-state index contributed by atoms with van der Waals surface area (Å²) in [5.41, 5.74) is 2.47. The number of aliphatic imine (C=N–C) groups is 1. The van der Waals surface area contributed by atoms with Crippen LogP contribution in [0.5, 0.6) is 0 Å². The number of nitrogens with one attached hydrogen (secondary N) is 2. The van der Waals surface area contributed by atoms with Crippen molar-refractivity contribution in [1.29, 1.82) is 0 Å². The Balaban J connectivity index is 0.00000625. The standard InChI is InChI=1S/C19H33N5O.HI/c1-6-20-19(22-14-18(25)23(4)5)21-13-16-10-9-11-17(12-16)15-24(7-2)8-3;/h9-12H,6-8,13-15H2,1-5H3,(H2,20,21,22);1H. The Labute approximate surface area is 175 Å². The van der Waals surface area contributed by atoms with Crippen molar-refractivity contribution in [3.8, 4) is 0 Å². The lowest BCUT2D eigenvalue weighted by Gasteiger charge is -2.18. The summed E-state index contributed by atoms with van der Waals surface area (Å²) in [5.74, 6) is 0.679. The second-order valence-corrected chi connectivity index (χ2v) is 6.12. The molecule has 0 saturated carbocycles. The molecule has 1 rings (SSSR count). The maximum absolute atomic E-state index is 11.7. The van der Waals surface area contributed by atoms with Crippen molar-refractivity contribution in [1.82, 2.24) is 20.4 Å². The lowest BCUT2D eigenvalue weighted by molar-refractivity contribution is -0.127. The maximum atomic E-state index is 11.7. The van der Waals surface area contributed by atoms with Gasteiger partial charge in [0.15, 0.2) is 5.96 Å². The number of carbonyl (C=O) groups excluding carboxylic acids is 1. The van der Waals surface area contributed by atoms with E-state index in [0.717, 1.165) is 26.2 Å². The van der Waals surface area contributed by atoms with Crippen LogP contribution in [0.2, 0.25) is 0 Å². The summed E-state index contributed by atoms with van der Waals surface area (Å²) < 4.78 is 0. The van der Waals surface area contributed by atoms with Crippen molar-refractivity contribution < 1.29 is 4.79 Å². The molecule has 0 saturated heterocycles. The number of hydrogen-bond donors (Lipinski definition) is 2. The summed E-state index contributed by atoms with van der Waals surface area (Å²) >= 11 is 0. The zero-order valence-electron chi connectivity index (χ0n) is 16.7. The number of benzene rings is 1. The molecule has 0 spiro atoms. The van der Waals surface area contributed by atoms with Crippen LogP contribution in [0.4, 0.5) is 0 Å². The summed E-state index contributed by atoms with van der Waals surface area (Å²) in [5, 5.41) is 6.25. The van der Waals surface area contributed by atoms with Gasteiger partial charge in [0.05, 0.1) is 13.1 Å². The number of guanidine groups is 1. The van der Waals surface area contributed by atoms with E-state index in [1.807, 2.05) is 6.92 Å². The molecule has 26 heavy (non-hydrogen) atoms. The molecular weight excluding hydrogens is 441 g/mol. The SMILES string of the molecule is CCNC(=NCc1cccc(CN(CC)CC)c1)NCC(=O)N(C)C.I. The van der Waals surface area contributed by atoms with Crippen molar-refractivity contribution in [3.63, 3.8) is 0 Å². The molecule has 0 fully saturated rings. The van der Waals surface area contributed by atoms with Gasteiger partial charge in [-0.05, 0) is 31.1 Å². The van der Waals surface area contributed by atoms with Crippen LogP contribution in [0.3, 0.4) is 0 Å². The van der Waals surface area contributed by atoms with Crippen LogP contribution in [0.15, 0.2) is 29.3 Å². The summed E-state index contributed by atoms with van der Waals surface area (Å²) in [7, 11) is 3.49. The van der Waals surface area contributed by atoms with E-state index in [1.165, 1.54) is 11.1 Å². The topological polar surface area (TPSA) is 60.0 Å². The fourth-order valence-corrected chi connectivity index (χ4v) is 2.36. The van der Waals surface area contributed by atoms with Gasteiger partial charge in [-0.25, -0.2) is 4.99 Å². The average molecular weight is 475 g/mol. The lowest BCUT2D eigenvalue weighted by Crippen LogP contribution is -2.42. The molecule has 0 aliphatic heterocycles. The normalized spacial score (nSPS) is 11.1. The number of amides is 1. The van der Waals surface area contributed by atoms with Gasteiger partial charge in [0, 0.05) is 27.2 Å². The van der Waals surface area contributed by atoms with E-state index >= 15 is 0 Å². The summed E-state index contributed by atoms with van der Waals surface area (Å²) in [6.07, 6.45) is 0. The lowest BCUT2D eigenvalue weighted by atomic mass is 10.1. The monoisotopic (exact) mass is 475 g/mol. The Morgan fingerprint density at radius 2 is 1.73 bits per heavy atom. The molecule has 6 nitrogen and oxygen atoms in total. The van der Waals surface area contributed by atoms with Crippen LogP contribution in [0.1, 0.15) is 31.9 Å². The second kappa shape index (κ2) is 13.8. The van der Waals surface area contributed by atoms with Gasteiger partial charge in [-0.2, -0.15) is 0 Å². The Hall–Kier alpha value is -1.35. The number of carbonyl (C=O) groups is 1. The fraction of sp³-hybridized carbons (Fsp3) is 0.579. The molecule has 148 valence electrons. The van der Waals surface area contributed by atoms with Gasteiger partial charge in [-0.15, -0.1) is 24.0 Å². The highest BCUT2D eigenvalue weighted by atomic mass is 127. The molecule has 1 aromatic carbocycles. The third-order valence-corrected chi connectivity index (χ3v) is 3.96. The van der Waals surface area contributed by atoms with E-state index in [1.54, 1.807) is 19.0 Å². The maximum Gasteiger partial charge on any atom is 0.241 e. The van der Waals surface area contributed by atoms with Gasteiger partial charge in [-0.3, -0.25) is 9.69 Å². The largest absolute Gasteiger partial charge is 0.357 e. The molecular formula is C19H34IN5O. The first-order chi connectivity index (χ1) is 12.0. The zero-order valence-corrected chi connectivity index (χ0v) is 19.0. The Kier molecular flexibility index (Phi) is 13.1. The van der Waals surface area contributed by atoms with E-state index in [9.17, 15) is 4.79 Å². The molecule has 7 heteroatoms. The molecule has 0 aliphatic rings. The molecule has 0 atom stereocenters. The minimum absolute atomic E-state index is 0. The van der Waals surface area contributed by atoms with E-state index in [0.29, 0.717) is 12.5 Å². The van der Waals surface area contributed by atoms with Crippen LogP contribution in [-0.4, -0.2) is 61.9 Å². The molecule has 0 aromatic heterocycles. The van der Waals surface area contributed by atoms with Crippen molar-refractivity contribution in [2.24, 2.45) is 4.99 Å². The van der Waals surface area contributed by atoms with Crippen LogP contribution in [0, 0.1) is 0 Å². The highest BCUT2D eigenvalue weighted by Gasteiger charge is 2.06. The van der Waals surface area contributed by atoms with Gasteiger partial charge in [-0.1, -0.05) is 38.1 Å².